The Balaban J connectivity index is 1.84. The minimum Gasteiger partial charge on any atom is -0.493 e. The van der Waals surface area contributed by atoms with Crippen molar-refractivity contribution < 1.29 is 13.9 Å². The molecule has 0 radical (unpaired) electrons. The summed E-state index contributed by atoms with van der Waals surface area (Å²) in [4.78, 5) is 4.47. The number of hydrogen-bond donors (Lipinski definition) is 0. The van der Waals surface area contributed by atoms with Crippen LogP contribution in [0, 0.1) is 5.82 Å². The number of aliphatic imine (C=N–C) groups is 1. The molecule has 0 amide bonds. The molecule has 0 spiro atoms. The van der Waals surface area contributed by atoms with Crippen LogP contribution in [-0.2, 0) is 6.61 Å². The summed E-state index contributed by atoms with van der Waals surface area (Å²) >= 11 is 11.3. The normalized spacial score (nSPS) is 13.8. The number of nitrogens with zero attached hydrogens (tertiary/aromatic N) is 1. The lowest BCUT2D eigenvalue weighted by molar-refractivity contribution is 0.282. The fourth-order valence-corrected chi connectivity index (χ4v) is 3.90. The summed E-state index contributed by atoms with van der Waals surface area (Å²) in [6, 6.07) is 8.10. The van der Waals surface area contributed by atoms with E-state index in [-0.39, 0.29) is 12.4 Å². The molecule has 0 saturated heterocycles. The third-order valence-corrected chi connectivity index (χ3v) is 5.41. The van der Waals surface area contributed by atoms with Gasteiger partial charge in [-0.05, 0) is 40.2 Å². The Morgan fingerprint density at radius 2 is 2.17 bits per heavy atom. The minimum absolute atomic E-state index is 0.211. The van der Waals surface area contributed by atoms with Gasteiger partial charge < -0.3 is 9.47 Å². The van der Waals surface area contributed by atoms with Gasteiger partial charge in [0.25, 0.3) is 0 Å². The Morgan fingerprint density at radius 1 is 1.33 bits per heavy atom. The van der Waals surface area contributed by atoms with Gasteiger partial charge in [-0.2, -0.15) is 0 Å². The van der Waals surface area contributed by atoms with E-state index in [0.717, 1.165) is 27.4 Å². The largest absolute Gasteiger partial charge is 0.493 e. The molecule has 0 bridgehead atoms. The van der Waals surface area contributed by atoms with Gasteiger partial charge in [-0.25, -0.2) is 4.39 Å². The third kappa shape index (κ3) is 3.87. The van der Waals surface area contributed by atoms with Crippen molar-refractivity contribution in [1.82, 2.24) is 0 Å². The van der Waals surface area contributed by atoms with Crippen LogP contribution in [0.15, 0.2) is 39.8 Å². The summed E-state index contributed by atoms with van der Waals surface area (Å²) in [5, 5.41) is 1.33. The Labute approximate surface area is 157 Å². The fourth-order valence-electron chi connectivity index (χ4n) is 2.28. The zero-order valence-corrected chi connectivity index (χ0v) is 16.0. The molecule has 1 heterocycles. The molecule has 0 fully saturated rings. The van der Waals surface area contributed by atoms with Crippen molar-refractivity contribution in [2.75, 3.05) is 19.4 Å². The molecular formula is C17H14BrClFNO2S. The molecule has 0 aliphatic carbocycles. The van der Waals surface area contributed by atoms with Gasteiger partial charge >= 0.3 is 0 Å². The molecule has 2 aromatic carbocycles. The molecule has 7 heteroatoms. The highest BCUT2D eigenvalue weighted by Gasteiger charge is 2.17. The minimum atomic E-state index is -0.373. The van der Waals surface area contributed by atoms with Gasteiger partial charge in [-0.1, -0.05) is 17.7 Å². The molecule has 24 heavy (non-hydrogen) atoms. The number of halogens is 3. The van der Waals surface area contributed by atoms with Crippen LogP contribution in [0.4, 0.5) is 4.39 Å². The summed E-state index contributed by atoms with van der Waals surface area (Å²) in [6.45, 7) is 1.05. The van der Waals surface area contributed by atoms with Crippen molar-refractivity contribution >= 4 is 44.3 Å². The van der Waals surface area contributed by atoms with Gasteiger partial charge in [0.2, 0.25) is 0 Å². The second-order valence-corrected chi connectivity index (χ2v) is 7.39. The number of methoxy groups -OCH3 is 1. The summed E-state index contributed by atoms with van der Waals surface area (Å²) in [6.07, 6.45) is 0. The maximum absolute atomic E-state index is 13.1. The molecule has 0 N–H and O–H groups in total. The van der Waals surface area contributed by atoms with E-state index in [0.29, 0.717) is 22.1 Å². The predicted molar refractivity (Wildman–Crippen MR) is 100 cm³/mol. The van der Waals surface area contributed by atoms with Crippen molar-refractivity contribution in [2.45, 2.75) is 6.61 Å². The van der Waals surface area contributed by atoms with E-state index >= 15 is 0 Å². The molecule has 126 valence electrons. The molecule has 1 aliphatic rings. The number of ether oxygens (including phenoxy) is 2. The molecule has 3 nitrogen and oxygen atoms in total. The van der Waals surface area contributed by atoms with Crippen LogP contribution in [0.3, 0.4) is 0 Å². The lowest BCUT2D eigenvalue weighted by Crippen LogP contribution is -2.02. The van der Waals surface area contributed by atoms with Crippen LogP contribution >= 0.6 is 39.3 Å². The third-order valence-electron chi connectivity index (χ3n) is 3.45. The van der Waals surface area contributed by atoms with Crippen LogP contribution in [0.2, 0.25) is 5.02 Å². The summed E-state index contributed by atoms with van der Waals surface area (Å²) < 4.78 is 25.2. The molecule has 0 saturated carbocycles. The van der Waals surface area contributed by atoms with Crippen molar-refractivity contribution in [2.24, 2.45) is 4.99 Å². The lowest BCUT2D eigenvalue weighted by Gasteiger charge is -2.15. The summed E-state index contributed by atoms with van der Waals surface area (Å²) in [5.41, 5.74) is 1.69. The van der Waals surface area contributed by atoms with E-state index in [1.807, 2.05) is 12.1 Å². The topological polar surface area (TPSA) is 30.8 Å². The number of rotatable bonds is 5. The van der Waals surface area contributed by atoms with Crippen LogP contribution in [0.5, 0.6) is 11.5 Å². The van der Waals surface area contributed by atoms with E-state index in [2.05, 4.69) is 20.9 Å². The molecular weight excluding hydrogens is 417 g/mol. The van der Waals surface area contributed by atoms with E-state index in [9.17, 15) is 4.39 Å². The number of hydrogen-bond acceptors (Lipinski definition) is 4. The van der Waals surface area contributed by atoms with Crippen molar-refractivity contribution in [1.29, 1.82) is 0 Å². The van der Waals surface area contributed by atoms with Gasteiger partial charge in [-0.15, -0.1) is 11.8 Å². The maximum atomic E-state index is 13.1. The zero-order chi connectivity index (χ0) is 17.1. The van der Waals surface area contributed by atoms with E-state index in [1.165, 1.54) is 12.1 Å². The van der Waals surface area contributed by atoms with Crippen molar-refractivity contribution in [3.05, 3.63) is 56.8 Å². The first-order chi connectivity index (χ1) is 11.6. The second-order valence-electron chi connectivity index (χ2n) is 5.05. The highest BCUT2D eigenvalue weighted by Crippen LogP contribution is 2.39. The van der Waals surface area contributed by atoms with Gasteiger partial charge in [0.05, 0.1) is 21.6 Å². The van der Waals surface area contributed by atoms with E-state index in [4.69, 9.17) is 21.1 Å². The fraction of sp³-hybridized carbons (Fsp3) is 0.235. The average Bonchev–Trinajstić information content (AvgIpc) is 3.09. The zero-order valence-electron chi connectivity index (χ0n) is 12.8. The molecule has 2 aromatic rings. The van der Waals surface area contributed by atoms with Gasteiger partial charge in [0.15, 0.2) is 11.5 Å². The predicted octanol–water partition coefficient (Wildman–Crippen LogP) is 5.32. The first-order valence-electron chi connectivity index (χ1n) is 7.20. The monoisotopic (exact) mass is 429 g/mol. The molecule has 0 unspecified atom stereocenters. The van der Waals surface area contributed by atoms with Crippen molar-refractivity contribution in [3.8, 4) is 11.5 Å². The van der Waals surface area contributed by atoms with E-state index < -0.39 is 0 Å². The van der Waals surface area contributed by atoms with Crippen LogP contribution in [-0.4, -0.2) is 24.5 Å². The molecule has 0 atom stereocenters. The smallest absolute Gasteiger partial charge is 0.175 e. The van der Waals surface area contributed by atoms with Crippen LogP contribution in [0.1, 0.15) is 11.1 Å². The summed E-state index contributed by atoms with van der Waals surface area (Å²) in [5.74, 6) is 1.80. The standard InChI is InChI=1S/C17H14BrClFNO2S/c1-22-15-7-11(17-21-4-5-24-17)6-13(18)16(15)23-9-10-2-3-12(20)8-14(10)19/h2-3,6-8H,4-5,9H2,1H3. The van der Waals surface area contributed by atoms with Crippen LogP contribution in [0.25, 0.3) is 0 Å². The molecule has 0 aromatic heterocycles. The van der Waals surface area contributed by atoms with Gasteiger partial charge in [0.1, 0.15) is 12.4 Å². The first kappa shape index (κ1) is 17.6. The Kier molecular flexibility index (Phi) is 5.69. The first-order valence-corrected chi connectivity index (χ1v) is 9.36. The summed E-state index contributed by atoms with van der Waals surface area (Å²) in [7, 11) is 1.59. The lowest BCUT2D eigenvalue weighted by atomic mass is 10.2. The highest BCUT2D eigenvalue weighted by molar-refractivity contribution is 9.10. The quantitative estimate of drug-likeness (QED) is 0.643. The van der Waals surface area contributed by atoms with Crippen molar-refractivity contribution in [3.63, 3.8) is 0 Å². The second kappa shape index (κ2) is 7.76. The van der Waals surface area contributed by atoms with E-state index in [1.54, 1.807) is 24.9 Å². The number of benzene rings is 2. The Bertz CT molecular complexity index is 800. The van der Waals surface area contributed by atoms with Gasteiger partial charge in [-0.3, -0.25) is 4.99 Å². The Morgan fingerprint density at radius 3 is 2.83 bits per heavy atom. The maximum Gasteiger partial charge on any atom is 0.175 e. The molecule has 3 rings (SSSR count). The molecule has 1 aliphatic heterocycles. The SMILES string of the molecule is COc1cc(C2=NCCS2)cc(Br)c1OCc1ccc(F)cc1Cl. The highest BCUT2D eigenvalue weighted by atomic mass is 79.9. The van der Waals surface area contributed by atoms with Crippen LogP contribution < -0.4 is 9.47 Å². The van der Waals surface area contributed by atoms with Gasteiger partial charge in [0, 0.05) is 23.4 Å². The Hall–Kier alpha value is -1.24. The number of thioether (sulfide) groups is 1. The average molecular weight is 431 g/mol.